The highest BCUT2D eigenvalue weighted by atomic mass is 19.4. The highest BCUT2D eigenvalue weighted by Crippen LogP contribution is 2.26. The monoisotopic (exact) mass is 304 g/mol. The van der Waals surface area contributed by atoms with Gasteiger partial charge in [-0.05, 0) is 23.3 Å². The molecule has 0 bridgehead atoms. The molecule has 0 aliphatic carbocycles. The molecule has 0 fully saturated rings. The van der Waals surface area contributed by atoms with Crippen LogP contribution < -0.4 is 0 Å². The molecule has 0 amide bonds. The third kappa shape index (κ3) is 3.52. The van der Waals surface area contributed by atoms with Gasteiger partial charge in [0.2, 0.25) is 5.82 Å². The molecule has 0 unspecified atom stereocenters. The molecule has 0 atom stereocenters. The van der Waals surface area contributed by atoms with Crippen molar-refractivity contribution in [1.29, 1.82) is 0 Å². The number of hydrogen-bond donors (Lipinski definition) is 1. The molecule has 0 aliphatic heterocycles. The summed E-state index contributed by atoms with van der Waals surface area (Å²) < 4.78 is 64.2. The molecule has 0 aliphatic rings. The van der Waals surface area contributed by atoms with Crippen molar-refractivity contribution in [2.24, 2.45) is 0 Å². The van der Waals surface area contributed by atoms with E-state index in [0.29, 0.717) is 0 Å². The van der Waals surface area contributed by atoms with E-state index in [2.05, 4.69) is 9.97 Å². The molecule has 21 heavy (non-hydrogen) atoms. The van der Waals surface area contributed by atoms with E-state index in [1.165, 1.54) is 0 Å². The van der Waals surface area contributed by atoms with Gasteiger partial charge < -0.3 is 5.11 Å². The molecule has 1 heterocycles. The summed E-state index contributed by atoms with van der Waals surface area (Å²) in [5.41, 5.74) is -0.120. The number of aliphatic hydroxyl groups is 1. The highest BCUT2D eigenvalue weighted by Gasteiger charge is 2.34. The topological polar surface area (TPSA) is 46.0 Å². The zero-order valence-electron chi connectivity index (χ0n) is 10.5. The van der Waals surface area contributed by atoms with Crippen molar-refractivity contribution in [2.75, 3.05) is 0 Å². The predicted molar refractivity (Wildman–Crippen MR) is 62.1 cm³/mol. The van der Waals surface area contributed by atoms with Crippen LogP contribution in [0.1, 0.15) is 22.5 Å². The van der Waals surface area contributed by atoms with Crippen molar-refractivity contribution in [3.63, 3.8) is 0 Å². The molecular weight excluding hydrogens is 295 g/mol. The number of benzene rings is 1. The lowest BCUT2D eigenvalue weighted by atomic mass is 10.0. The fraction of sp³-hybridized carbons (Fsp3) is 0.231. The van der Waals surface area contributed by atoms with Crippen LogP contribution in [0.4, 0.5) is 22.0 Å². The Morgan fingerprint density at radius 3 is 1.90 bits per heavy atom. The summed E-state index contributed by atoms with van der Waals surface area (Å²) >= 11 is 0. The average molecular weight is 304 g/mol. The van der Waals surface area contributed by atoms with Crippen LogP contribution in [0.2, 0.25) is 0 Å². The van der Waals surface area contributed by atoms with Crippen molar-refractivity contribution in [3.05, 3.63) is 58.7 Å². The number of hydrogen-bond acceptors (Lipinski definition) is 3. The molecule has 8 heteroatoms. The van der Waals surface area contributed by atoms with Crippen LogP contribution in [-0.4, -0.2) is 15.1 Å². The number of aromatic nitrogens is 2. The van der Waals surface area contributed by atoms with Gasteiger partial charge in [-0.15, -0.1) is 0 Å². The molecule has 0 spiro atoms. The van der Waals surface area contributed by atoms with E-state index in [1.807, 2.05) is 0 Å². The summed E-state index contributed by atoms with van der Waals surface area (Å²) in [6.07, 6.45) is -3.22. The summed E-state index contributed by atoms with van der Waals surface area (Å²) in [4.78, 5) is 6.24. The number of aliphatic hydroxyl groups excluding tert-OH is 1. The first-order chi connectivity index (χ1) is 9.81. The Kier molecular flexibility index (Phi) is 4.17. The molecule has 1 N–H and O–H groups in total. The standard InChI is InChI=1S/C13H9F5N2O/c14-10-2-7(6-21)3-11(15)9(10)1-8-4-19-12(20-5-8)13(16,17)18/h2-5,21H,1,6H2. The van der Waals surface area contributed by atoms with Gasteiger partial charge in [0.15, 0.2) is 0 Å². The van der Waals surface area contributed by atoms with Crippen molar-refractivity contribution < 1.29 is 27.1 Å². The van der Waals surface area contributed by atoms with Gasteiger partial charge in [-0.25, -0.2) is 18.7 Å². The largest absolute Gasteiger partial charge is 0.451 e. The first kappa shape index (κ1) is 15.3. The smallest absolute Gasteiger partial charge is 0.392 e. The van der Waals surface area contributed by atoms with Crippen molar-refractivity contribution in [2.45, 2.75) is 19.2 Å². The van der Waals surface area contributed by atoms with Crippen molar-refractivity contribution in [1.82, 2.24) is 9.97 Å². The molecule has 112 valence electrons. The summed E-state index contributed by atoms with van der Waals surface area (Å²) in [5.74, 6) is -3.10. The van der Waals surface area contributed by atoms with Crippen LogP contribution in [0.3, 0.4) is 0 Å². The third-order valence-electron chi connectivity index (χ3n) is 2.72. The zero-order chi connectivity index (χ0) is 15.6. The molecule has 1 aromatic carbocycles. The fourth-order valence-electron chi connectivity index (χ4n) is 1.71. The summed E-state index contributed by atoms with van der Waals surface area (Å²) in [6.45, 7) is -0.516. The molecular formula is C13H9F5N2O. The molecule has 2 aromatic rings. The van der Waals surface area contributed by atoms with Crippen LogP contribution >= 0.6 is 0 Å². The van der Waals surface area contributed by atoms with Gasteiger partial charge >= 0.3 is 6.18 Å². The lowest BCUT2D eigenvalue weighted by molar-refractivity contribution is -0.145. The molecule has 0 saturated heterocycles. The summed E-state index contributed by atoms with van der Waals surface area (Å²) in [6, 6.07) is 1.92. The summed E-state index contributed by atoms with van der Waals surface area (Å²) in [5, 5.41) is 8.81. The molecule has 0 radical (unpaired) electrons. The normalized spacial score (nSPS) is 11.7. The molecule has 1 aromatic heterocycles. The van der Waals surface area contributed by atoms with Crippen LogP contribution in [0.15, 0.2) is 24.5 Å². The summed E-state index contributed by atoms with van der Waals surface area (Å²) in [7, 11) is 0. The maximum Gasteiger partial charge on any atom is 0.451 e. The lowest BCUT2D eigenvalue weighted by Gasteiger charge is -2.08. The Bertz CT molecular complexity index is 617. The Labute approximate surface area is 116 Å². The number of halogens is 5. The zero-order valence-corrected chi connectivity index (χ0v) is 10.5. The highest BCUT2D eigenvalue weighted by molar-refractivity contribution is 5.30. The van der Waals surface area contributed by atoms with Gasteiger partial charge in [0.1, 0.15) is 11.6 Å². The maximum atomic E-state index is 13.7. The van der Waals surface area contributed by atoms with Gasteiger partial charge in [0, 0.05) is 24.4 Å². The van der Waals surface area contributed by atoms with Crippen LogP contribution in [-0.2, 0) is 19.2 Å². The second-order valence-electron chi connectivity index (χ2n) is 4.29. The van der Waals surface area contributed by atoms with E-state index in [9.17, 15) is 22.0 Å². The Morgan fingerprint density at radius 2 is 1.48 bits per heavy atom. The van der Waals surface area contributed by atoms with Gasteiger partial charge in [-0.3, -0.25) is 0 Å². The van der Waals surface area contributed by atoms with Crippen molar-refractivity contribution >= 4 is 0 Å². The van der Waals surface area contributed by atoms with E-state index in [1.54, 1.807) is 0 Å². The second kappa shape index (κ2) is 5.72. The Morgan fingerprint density at radius 1 is 0.952 bits per heavy atom. The van der Waals surface area contributed by atoms with Gasteiger partial charge in [0.25, 0.3) is 0 Å². The van der Waals surface area contributed by atoms with E-state index >= 15 is 0 Å². The Balaban J connectivity index is 2.26. The van der Waals surface area contributed by atoms with Crippen molar-refractivity contribution in [3.8, 4) is 0 Å². The van der Waals surface area contributed by atoms with Crippen LogP contribution in [0, 0.1) is 11.6 Å². The number of rotatable bonds is 3. The van der Waals surface area contributed by atoms with Gasteiger partial charge in [-0.2, -0.15) is 13.2 Å². The average Bonchev–Trinajstić information content (AvgIpc) is 2.42. The SMILES string of the molecule is OCc1cc(F)c(Cc2cnc(C(F)(F)F)nc2)c(F)c1. The first-order valence-electron chi connectivity index (χ1n) is 5.77. The van der Waals surface area contributed by atoms with E-state index < -0.39 is 30.2 Å². The third-order valence-corrected chi connectivity index (χ3v) is 2.72. The minimum atomic E-state index is -4.67. The fourth-order valence-corrected chi connectivity index (χ4v) is 1.71. The Hall–Kier alpha value is -2.09. The minimum Gasteiger partial charge on any atom is -0.392 e. The predicted octanol–water partition coefficient (Wildman–Crippen LogP) is 2.86. The first-order valence-corrected chi connectivity index (χ1v) is 5.77. The van der Waals surface area contributed by atoms with Crippen LogP contribution in [0.5, 0.6) is 0 Å². The second-order valence-corrected chi connectivity index (χ2v) is 4.29. The quantitative estimate of drug-likeness (QED) is 0.887. The van der Waals surface area contributed by atoms with Gasteiger partial charge in [-0.1, -0.05) is 0 Å². The minimum absolute atomic E-state index is 0.0671. The lowest BCUT2D eigenvalue weighted by Crippen LogP contribution is -2.11. The molecule has 3 nitrogen and oxygen atoms in total. The number of nitrogens with zero attached hydrogens (tertiary/aromatic N) is 2. The maximum absolute atomic E-state index is 13.7. The molecule has 0 saturated carbocycles. The van der Waals surface area contributed by atoms with E-state index in [-0.39, 0.29) is 23.1 Å². The molecule has 2 rings (SSSR count). The van der Waals surface area contributed by atoms with E-state index in [4.69, 9.17) is 5.11 Å². The van der Waals surface area contributed by atoms with Crippen LogP contribution in [0.25, 0.3) is 0 Å². The van der Waals surface area contributed by atoms with E-state index in [0.717, 1.165) is 24.5 Å². The number of alkyl halides is 3. The van der Waals surface area contributed by atoms with Gasteiger partial charge in [0.05, 0.1) is 6.61 Å².